The van der Waals surface area contributed by atoms with Gasteiger partial charge in [-0.25, -0.2) is 0 Å². The summed E-state index contributed by atoms with van der Waals surface area (Å²) >= 11 is 8.02. The molecule has 0 saturated carbocycles. The second kappa shape index (κ2) is 10.4. The van der Waals surface area contributed by atoms with E-state index in [4.69, 9.17) is 21.1 Å². The Balaban J connectivity index is 2.51. The van der Waals surface area contributed by atoms with Gasteiger partial charge in [-0.2, -0.15) is 11.8 Å². The minimum absolute atomic E-state index is 0.676. The molecule has 0 amide bonds. The van der Waals surface area contributed by atoms with Crippen molar-refractivity contribution in [2.45, 2.75) is 13.0 Å². The molecule has 0 spiro atoms. The Morgan fingerprint density at radius 3 is 2.89 bits per heavy atom. The third kappa shape index (κ3) is 6.52. The fourth-order valence-electron chi connectivity index (χ4n) is 1.63. The molecule has 19 heavy (non-hydrogen) atoms. The van der Waals surface area contributed by atoms with Crippen LogP contribution in [0.3, 0.4) is 0 Å². The highest BCUT2D eigenvalue weighted by Gasteiger charge is 2.07. The maximum Gasteiger partial charge on any atom is 0.142 e. The van der Waals surface area contributed by atoms with E-state index in [0.717, 1.165) is 36.6 Å². The van der Waals surface area contributed by atoms with Crippen molar-refractivity contribution in [2.24, 2.45) is 0 Å². The predicted octanol–water partition coefficient (Wildman–Crippen LogP) is 3.21. The normalized spacial score (nSPS) is 10.7. The van der Waals surface area contributed by atoms with Crippen LogP contribution in [-0.4, -0.2) is 38.9 Å². The number of halogens is 1. The summed E-state index contributed by atoms with van der Waals surface area (Å²) in [5.41, 5.74) is 1.09. The standard InChI is InChI=1S/C14H22ClNO2S/c1-17-9-7-16-11-12-5-3-6-13(15)14(12)18-8-4-10-19-2/h3,5-6,16H,4,7-11H2,1-2H3. The van der Waals surface area contributed by atoms with E-state index < -0.39 is 0 Å². The van der Waals surface area contributed by atoms with Crippen LogP contribution in [0.25, 0.3) is 0 Å². The second-order valence-electron chi connectivity index (χ2n) is 4.09. The summed E-state index contributed by atoms with van der Waals surface area (Å²) in [7, 11) is 1.70. The molecule has 0 aromatic heterocycles. The summed E-state index contributed by atoms with van der Waals surface area (Å²) in [5.74, 6) is 1.90. The lowest BCUT2D eigenvalue weighted by Gasteiger charge is -2.13. The lowest BCUT2D eigenvalue weighted by Crippen LogP contribution is -2.19. The fourth-order valence-corrected chi connectivity index (χ4v) is 2.28. The Bertz CT molecular complexity index is 363. The average Bonchev–Trinajstić information content (AvgIpc) is 2.42. The van der Waals surface area contributed by atoms with Crippen LogP contribution in [0.4, 0.5) is 0 Å². The minimum atomic E-state index is 0.676. The number of thioether (sulfide) groups is 1. The number of para-hydroxylation sites is 1. The van der Waals surface area contributed by atoms with Crippen LogP contribution in [0, 0.1) is 0 Å². The van der Waals surface area contributed by atoms with Crippen molar-refractivity contribution >= 4 is 23.4 Å². The molecule has 0 aliphatic rings. The third-order valence-corrected chi connectivity index (χ3v) is 3.58. The molecule has 5 heteroatoms. The zero-order chi connectivity index (χ0) is 13.9. The van der Waals surface area contributed by atoms with Gasteiger partial charge in [0.05, 0.1) is 18.2 Å². The summed E-state index contributed by atoms with van der Waals surface area (Å²) in [6.45, 7) is 2.96. The Hall–Kier alpha value is -0.420. The van der Waals surface area contributed by atoms with Gasteiger partial charge in [-0.1, -0.05) is 23.7 Å². The van der Waals surface area contributed by atoms with Gasteiger partial charge in [0.2, 0.25) is 0 Å². The van der Waals surface area contributed by atoms with Gasteiger partial charge in [0.15, 0.2) is 0 Å². The quantitative estimate of drug-likeness (QED) is 0.672. The van der Waals surface area contributed by atoms with Gasteiger partial charge < -0.3 is 14.8 Å². The van der Waals surface area contributed by atoms with Gasteiger partial charge in [0, 0.05) is 25.8 Å². The minimum Gasteiger partial charge on any atom is -0.492 e. The van der Waals surface area contributed by atoms with Crippen LogP contribution in [0.5, 0.6) is 5.75 Å². The highest BCUT2D eigenvalue weighted by Crippen LogP contribution is 2.28. The lowest BCUT2D eigenvalue weighted by atomic mass is 10.2. The molecule has 1 N–H and O–H groups in total. The maximum atomic E-state index is 6.20. The number of hydrogen-bond donors (Lipinski definition) is 1. The van der Waals surface area contributed by atoms with E-state index in [1.54, 1.807) is 7.11 Å². The first-order chi connectivity index (χ1) is 9.29. The van der Waals surface area contributed by atoms with Crippen LogP contribution in [0.2, 0.25) is 5.02 Å². The molecule has 0 fully saturated rings. The molecule has 0 aliphatic carbocycles. The van der Waals surface area contributed by atoms with Crippen molar-refractivity contribution < 1.29 is 9.47 Å². The Labute approximate surface area is 125 Å². The molecular formula is C14H22ClNO2S. The topological polar surface area (TPSA) is 30.5 Å². The Kier molecular flexibility index (Phi) is 9.08. The van der Waals surface area contributed by atoms with E-state index in [1.165, 1.54) is 0 Å². The molecule has 1 rings (SSSR count). The van der Waals surface area contributed by atoms with E-state index in [1.807, 2.05) is 30.0 Å². The number of hydrogen-bond acceptors (Lipinski definition) is 4. The van der Waals surface area contributed by atoms with E-state index in [9.17, 15) is 0 Å². The van der Waals surface area contributed by atoms with Gasteiger partial charge in [-0.05, 0) is 24.5 Å². The molecule has 0 saturated heterocycles. The van der Waals surface area contributed by atoms with Crippen LogP contribution in [-0.2, 0) is 11.3 Å². The zero-order valence-electron chi connectivity index (χ0n) is 11.6. The Morgan fingerprint density at radius 1 is 1.32 bits per heavy atom. The predicted molar refractivity (Wildman–Crippen MR) is 83.5 cm³/mol. The number of rotatable bonds is 10. The number of nitrogens with one attached hydrogen (secondary N) is 1. The first kappa shape index (κ1) is 16.6. The first-order valence-electron chi connectivity index (χ1n) is 6.38. The SMILES string of the molecule is COCCNCc1cccc(Cl)c1OCCCSC. The molecule has 3 nitrogen and oxygen atoms in total. The summed E-state index contributed by atoms with van der Waals surface area (Å²) < 4.78 is 10.8. The summed E-state index contributed by atoms with van der Waals surface area (Å²) in [5, 5.41) is 3.98. The van der Waals surface area contributed by atoms with Gasteiger partial charge in [0.1, 0.15) is 5.75 Å². The van der Waals surface area contributed by atoms with Crippen molar-refractivity contribution in [1.82, 2.24) is 5.32 Å². The molecule has 0 atom stereocenters. The van der Waals surface area contributed by atoms with Crippen LogP contribution >= 0.6 is 23.4 Å². The molecule has 0 unspecified atom stereocenters. The highest BCUT2D eigenvalue weighted by molar-refractivity contribution is 7.98. The number of benzene rings is 1. The molecule has 0 radical (unpaired) electrons. The molecular weight excluding hydrogens is 282 g/mol. The maximum absolute atomic E-state index is 6.20. The van der Waals surface area contributed by atoms with E-state index in [-0.39, 0.29) is 0 Å². The van der Waals surface area contributed by atoms with Gasteiger partial charge in [0.25, 0.3) is 0 Å². The molecule has 108 valence electrons. The van der Waals surface area contributed by atoms with Crippen molar-refractivity contribution in [3.8, 4) is 5.75 Å². The summed E-state index contributed by atoms with van der Waals surface area (Å²) in [6, 6.07) is 5.85. The van der Waals surface area contributed by atoms with E-state index in [0.29, 0.717) is 18.2 Å². The molecule has 1 aromatic carbocycles. The lowest BCUT2D eigenvalue weighted by molar-refractivity contribution is 0.199. The van der Waals surface area contributed by atoms with Crippen molar-refractivity contribution in [3.05, 3.63) is 28.8 Å². The van der Waals surface area contributed by atoms with E-state index in [2.05, 4.69) is 11.6 Å². The molecule has 0 bridgehead atoms. The van der Waals surface area contributed by atoms with Gasteiger partial charge in [-0.15, -0.1) is 0 Å². The number of methoxy groups -OCH3 is 1. The number of ether oxygens (including phenoxy) is 2. The Morgan fingerprint density at radius 2 is 2.16 bits per heavy atom. The zero-order valence-corrected chi connectivity index (χ0v) is 13.1. The first-order valence-corrected chi connectivity index (χ1v) is 8.15. The molecule has 1 aromatic rings. The average molecular weight is 304 g/mol. The monoisotopic (exact) mass is 303 g/mol. The second-order valence-corrected chi connectivity index (χ2v) is 5.49. The van der Waals surface area contributed by atoms with Crippen LogP contribution < -0.4 is 10.1 Å². The van der Waals surface area contributed by atoms with Gasteiger partial charge >= 0.3 is 0 Å². The largest absolute Gasteiger partial charge is 0.492 e. The smallest absolute Gasteiger partial charge is 0.142 e. The van der Waals surface area contributed by atoms with Crippen molar-refractivity contribution in [1.29, 1.82) is 0 Å². The molecule has 0 heterocycles. The van der Waals surface area contributed by atoms with Crippen molar-refractivity contribution in [3.63, 3.8) is 0 Å². The third-order valence-electron chi connectivity index (χ3n) is 2.59. The van der Waals surface area contributed by atoms with Crippen LogP contribution in [0.15, 0.2) is 18.2 Å². The van der Waals surface area contributed by atoms with Crippen molar-refractivity contribution in [2.75, 3.05) is 38.9 Å². The van der Waals surface area contributed by atoms with Gasteiger partial charge in [-0.3, -0.25) is 0 Å². The summed E-state index contributed by atoms with van der Waals surface area (Å²) in [6.07, 6.45) is 3.13. The van der Waals surface area contributed by atoms with Crippen LogP contribution in [0.1, 0.15) is 12.0 Å². The molecule has 0 aliphatic heterocycles. The highest BCUT2D eigenvalue weighted by atomic mass is 35.5. The fraction of sp³-hybridized carbons (Fsp3) is 0.571. The summed E-state index contributed by atoms with van der Waals surface area (Å²) in [4.78, 5) is 0. The van der Waals surface area contributed by atoms with E-state index >= 15 is 0 Å².